The lowest BCUT2D eigenvalue weighted by Crippen LogP contribution is -2.27. The molecule has 3 rings (SSSR count). The van der Waals surface area contributed by atoms with Gasteiger partial charge in [0.1, 0.15) is 0 Å². The van der Waals surface area contributed by atoms with Crippen molar-refractivity contribution in [3.63, 3.8) is 0 Å². The summed E-state index contributed by atoms with van der Waals surface area (Å²) in [7, 11) is 0. The molecule has 1 nitrogen and oxygen atoms in total. The van der Waals surface area contributed by atoms with Crippen molar-refractivity contribution >= 4 is 57.1 Å². The number of aryl methyl sites for hydroxylation is 1. The van der Waals surface area contributed by atoms with Crippen LogP contribution in [0.2, 0.25) is 10.0 Å². The molecule has 1 aliphatic carbocycles. The van der Waals surface area contributed by atoms with E-state index in [0.717, 1.165) is 0 Å². The standard InChI is InChI=1S/C16H16Cl2INS/c1-9(10-5-6-12(17)13(18)7-10)20-14-3-2-4-15-11(14)8-16(19)21-15/h5-9,14,20H,2-4H2,1H3. The van der Waals surface area contributed by atoms with Gasteiger partial charge in [-0.05, 0) is 78.1 Å². The molecule has 1 aliphatic rings. The third-order valence-electron chi connectivity index (χ3n) is 3.98. The molecular weight excluding hydrogens is 436 g/mol. The van der Waals surface area contributed by atoms with Crippen molar-refractivity contribution in [1.29, 1.82) is 0 Å². The molecule has 0 amide bonds. The summed E-state index contributed by atoms with van der Waals surface area (Å²) in [5.74, 6) is 0. The molecule has 2 aromatic rings. The normalized spacial score (nSPS) is 19.3. The highest BCUT2D eigenvalue weighted by molar-refractivity contribution is 14.1. The molecule has 0 saturated carbocycles. The first-order valence-electron chi connectivity index (χ1n) is 7.03. The monoisotopic (exact) mass is 451 g/mol. The third kappa shape index (κ3) is 3.58. The van der Waals surface area contributed by atoms with Crippen molar-refractivity contribution in [2.24, 2.45) is 0 Å². The van der Waals surface area contributed by atoms with E-state index in [1.807, 2.05) is 29.5 Å². The molecule has 21 heavy (non-hydrogen) atoms. The Morgan fingerprint density at radius 3 is 2.86 bits per heavy atom. The van der Waals surface area contributed by atoms with Gasteiger partial charge in [0.15, 0.2) is 0 Å². The SMILES string of the molecule is CC(NC1CCCc2sc(I)cc21)c1ccc(Cl)c(Cl)c1. The third-order valence-corrected chi connectivity index (χ3v) is 6.69. The molecule has 5 heteroatoms. The van der Waals surface area contributed by atoms with Crippen LogP contribution in [0.5, 0.6) is 0 Å². The molecule has 0 radical (unpaired) electrons. The van der Waals surface area contributed by atoms with Gasteiger partial charge in [-0.15, -0.1) is 11.3 Å². The van der Waals surface area contributed by atoms with Crippen LogP contribution in [0.3, 0.4) is 0 Å². The first-order chi connectivity index (χ1) is 10.0. The van der Waals surface area contributed by atoms with Crippen molar-refractivity contribution in [1.82, 2.24) is 5.32 Å². The van der Waals surface area contributed by atoms with Crippen LogP contribution in [0.4, 0.5) is 0 Å². The number of hydrogen-bond donors (Lipinski definition) is 1. The van der Waals surface area contributed by atoms with Gasteiger partial charge in [0.25, 0.3) is 0 Å². The van der Waals surface area contributed by atoms with Gasteiger partial charge >= 0.3 is 0 Å². The van der Waals surface area contributed by atoms with Gasteiger partial charge in [0, 0.05) is 17.0 Å². The number of halogens is 3. The Hall–Kier alpha value is 0.190. The maximum Gasteiger partial charge on any atom is 0.0659 e. The molecule has 1 aromatic carbocycles. The van der Waals surface area contributed by atoms with Crippen LogP contribution in [0, 0.1) is 2.88 Å². The fraction of sp³-hybridized carbons (Fsp3) is 0.375. The number of rotatable bonds is 3. The molecule has 1 heterocycles. The van der Waals surface area contributed by atoms with E-state index >= 15 is 0 Å². The lowest BCUT2D eigenvalue weighted by Gasteiger charge is -2.27. The summed E-state index contributed by atoms with van der Waals surface area (Å²) in [6, 6.07) is 8.91. The first kappa shape index (κ1) is 16.1. The van der Waals surface area contributed by atoms with E-state index in [0.29, 0.717) is 16.1 Å². The van der Waals surface area contributed by atoms with Gasteiger partial charge < -0.3 is 5.32 Å². The van der Waals surface area contributed by atoms with Crippen molar-refractivity contribution in [2.75, 3.05) is 0 Å². The van der Waals surface area contributed by atoms with E-state index < -0.39 is 0 Å². The van der Waals surface area contributed by atoms with E-state index in [1.165, 1.54) is 33.3 Å². The van der Waals surface area contributed by atoms with E-state index in [4.69, 9.17) is 23.2 Å². The Labute approximate surface area is 153 Å². The maximum atomic E-state index is 6.13. The first-order valence-corrected chi connectivity index (χ1v) is 9.69. The fourth-order valence-electron chi connectivity index (χ4n) is 2.87. The Balaban J connectivity index is 1.79. The van der Waals surface area contributed by atoms with Crippen LogP contribution < -0.4 is 5.32 Å². The minimum atomic E-state index is 0.258. The van der Waals surface area contributed by atoms with E-state index in [-0.39, 0.29) is 6.04 Å². The maximum absolute atomic E-state index is 6.13. The molecule has 2 unspecified atom stereocenters. The van der Waals surface area contributed by atoms with Crippen LogP contribution in [-0.2, 0) is 6.42 Å². The van der Waals surface area contributed by atoms with E-state index in [9.17, 15) is 0 Å². The molecule has 1 N–H and O–H groups in total. The summed E-state index contributed by atoms with van der Waals surface area (Å²) in [6.45, 7) is 2.19. The van der Waals surface area contributed by atoms with Crippen molar-refractivity contribution < 1.29 is 0 Å². The second-order valence-corrected chi connectivity index (χ2v) is 9.28. The Morgan fingerprint density at radius 1 is 1.29 bits per heavy atom. The highest BCUT2D eigenvalue weighted by Gasteiger charge is 2.24. The summed E-state index contributed by atoms with van der Waals surface area (Å²) >= 11 is 16.5. The molecule has 0 bridgehead atoms. The minimum absolute atomic E-state index is 0.258. The lowest BCUT2D eigenvalue weighted by molar-refractivity contribution is 0.418. The van der Waals surface area contributed by atoms with Gasteiger partial charge in [0.05, 0.1) is 12.9 Å². The van der Waals surface area contributed by atoms with Crippen LogP contribution in [0.1, 0.15) is 47.9 Å². The Bertz CT molecular complexity index is 656. The van der Waals surface area contributed by atoms with Gasteiger partial charge in [0.2, 0.25) is 0 Å². The number of nitrogens with one attached hydrogen (secondary N) is 1. The molecule has 1 aromatic heterocycles. The van der Waals surface area contributed by atoms with E-state index in [2.05, 4.69) is 40.9 Å². The molecule has 0 spiro atoms. The second-order valence-electron chi connectivity index (χ2n) is 5.44. The number of benzene rings is 1. The highest BCUT2D eigenvalue weighted by atomic mass is 127. The average Bonchev–Trinajstić information content (AvgIpc) is 2.83. The van der Waals surface area contributed by atoms with Gasteiger partial charge in [-0.3, -0.25) is 0 Å². The number of hydrogen-bond acceptors (Lipinski definition) is 2. The summed E-state index contributed by atoms with van der Waals surface area (Å²) in [5.41, 5.74) is 2.67. The quantitative estimate of drug-likeness (QED) is 0.533. The topological polar surface area (TPSA) is 12.0 Å². The predicted molar refractivity (Wildman–Crippen MR) is 101 cm³/mol. The van der Waals surface area contributed by atoms with Crippen LogP contribution >= 0.6 is 57.1 Å². The molecule has 2 atom stereocenters. The zero-order valence-corrected chi connectivity index (χ0v) is 16.1. The fourth-order valence-corrected chi connectivity index (χ4v) is 5.30. The average molecular weight is 452 g/mol. The predicted octanol–water partition coefficient (Wildman–Crippen LogP) is 6.39. The van der Waals surface area contributed by atoms with Gasteiger partial charge in [-0.1, -0.05) is 29.3 Å². The van der Waals surface area contributed by atoms with Gasteiger partial charge in [-0.2, -0.15) is 0 Å². The van der Waals surface area contributed by atoms with E-state index in [1.54, 1.807) is 4.88 Å². The zero-order chi connectivity index (χ0) is 15.0. The largest absolute Gasteiger partial charge is 0.303 e. The van der Waals surface area contributed by atoms with Crippen LogP contribution in [0.25, 0.3) is 0 Å². The summed E-state index contributed by atoms with van der Waals surface area (Å²) in [4.78, 5) is 1.55. The number of fused-ring (bicyclic) bond motifs is 1. The summed E-state index contributed by atoms with van der Waals surface area (Å²) in [6.07, 6.45) is 3.68. The molecule has 0 aliphatic heterocycles. The molecule has 0 saturated heterocycles. The minimum Gasteiger partial charge on any atom is -0.303 e. The molecular formula is C16H16Cl2INS. The Morgan fingerprint density at radius 2 is 2.10 bits per heavy atom. The Kier molecular flexibility index (Phi) is 5.16. The van der Waals surface area contributed by atoms with Gasteiger partial charge in [-0.25, -0.2) is 0 Å². The number of thiophene rings is 1. The summed E-state index contributed by atoms with van der Waals surface area (Å²) in [5, 5.41) is 4.99. The smallest absolute Gasteiger partial charge is 0.0659 e. The van der Waals surface area contributed by atoms with Crippen LogP contribution in [0.15, 0.2) is 24.3 Å². The lowest BCUT2D eigenvalue weighted by atomic mass is 9.93. The molecule has 112 valence electrons. The van der Waals surface area contributed by atoms with Crippen molar-refractivity contribution in [2.45, 2.75) is 38.3 Å². The molecule has 0 fully saturated rings. The zero-order valence-electron chi connectivity index (χ0n) is 11.6. The van der Waals surface area contributed by atoms with Crippen molar-refractivity contribution in [3.8, 4) is 0 Å². The second kappa shape index (κ2) is 6.75. The summed E-state index contributed by atoms with van der Waals surface area (Å²) < 4.78 is 1.38. The van der Waals surface area contributed by atoms with Crippen LogP contribution in [-0.4, -0.2) is 0 Å². The highest BCUT2D eigenvalue weighted by Crippen LogP contribution is 2.37. The van der Waals surface area contributed by atoms with Crippen molar-refractivity contribution in [3.05, 3.63) is 53.2 Å².